The van der Waals surface area contributed by atoms with Crippen LogP contribution >= 0.6 is 0 Å². The Morgan fingerprint density at radius 2 is 0.982 bits per heavy atom. The average molecular weight is 730 g/mol. The number of hydrogen-bond acceptors (Lipinski definition) is 2. The molecule has 2 unspecified atom stereocenters. The number of para-hydroxylation sites is 1. The van der Waals surface area contributed by atoms with Gasteiger partial charge in [-0.25, -0.2) is 0 Å². The third kappa shape index (κ3) is 5.64. The van der Waals surface area contributed by atoms with Crippen LogP contribution in [-0.4, -0.2) is 6.10 Å². The first kappa shape index (κ1) is 33.2. The number of ether oxygens (including phenoxy) is 1. The molecule has 9 aromatic rings. The van der Waals surface area contributed by atoms with Crippen molar-refractivity contribution in [3.63, 3.8) is 0 Å². The molecule has 0 spiro atoms. The monoisotopic (exact) mass is 729 g/mol. The zero-order valence-electron chi connectivity index (χ0n) is 31.6. The van der Waals surface area contributed by atoms with E-state index in [4.69, 9.17) is 4.74 Å². The van der Waals surface area contributed by atoms with Gasteiger partial charge in [0.1, 0.15) is 11.9 Å². The van der Waals surface area contributed by atoms with Gasteiger partial charge in [-0.1, -0.05) is 164 Å². The zero-order chi connectivity index (χ0) is 37.9. The summed E-state index contributed by atoms with van der Waals surface area (Å²) in [5.74, 6) is 1.25. The lowest BCUT2D eigenvalue weighted by atomic mass is 9.90. The van der Waals surface area contributed by atoms with Crippen molar-refractivity contribution in [2.24, 2.45) is 0 Å². The second-order valence-electron chi connectivity index (χ2n) is 15.2. The molecule has 2 atom stereocenters. The summed E-state index contributed by atoms with van der Waals surface area (Å²) in [4.78, 5) is 2.41. The maximum absolute atomic E-state index is 6.55. The normalized spacial score (nSPS) is 15.5. The lowest BCUT2D eigenvalue weighted by Gasteiger charge is -2.28. The van der Waals surface area contributed by atoms with Gasteiger partial charge in [0.05, 0.1) is 5.69 Å². The van der Waals surface area contributed by atoms with Crippen molar-refractivity contribution in [2.45, 2.75) is 18.9 Å². The summed E-state index contributed by atoms with van der Waals surface area (Å²) in [5.41, 5.74) is 13.0. The van der Waals surface area contributed by atoms with E-state index in [1.54, 1.807) is 0 Å². The van der Waals surface area contributed by atoms with Crippen LogP contribution < -0.4 is 9.64 Å². The average Bonchev–Trinajstić information content (AvgIpc) is 3.66. The molecule has 0 bridgehead atoms. The van der Waals surface area contributed by atoms with E-state index in [9.17, 15) is 0 Å². The molecule has 0 fully saturated rings. The van der Waals surface area contributed by atoms with Gasteiger partial charge in [-0.3, -0.25) is 0 Å². The quantitative estimate of drug-likeness (QED) is 0.158. The highest BCUT2D eigenvalue weighted by Gasteiger charge is 2.33. The summed E-state index contributed by atoms with van der Waals surface area (Å²) < 4.78 is 6.55. The molecule has 0 radical (unpaired) electrons. The Hall–Kier alpha value is -7.16. The Labute approximate surface area is 333 Å². The summed E-state index contributed by atoms with van der Waals surface area (Å²) in [6.45, 7) is 2.22. The number of benzene rings is 9. The summed E-state index contributed by atoms with van der Waals surface area (Å²) in [7, 11) is 0. The second-order valence-corrected chi connectivity index (χ2v) is 15.2. The molecule has 0 saturated carbocycles. The van der Waals surface area contributed by atoms with E-state index < -0.39 is 0 Å². The molecular weight excluding hydrogens is 691 g/mol. The fourth-order valence-corrected chi connectivity index (χ4v) is 9.12. The lowest BCUT2D eigenvalue weighted by molar-refractivity contribution is 0.270. The van der Waals surface area contributed by atoms with Crippen molar-refractivity contribution in [2.75, 3.05) is 4.90 Å². The van der Waals surface area contributed by atoms with Crippen molar-refractivity contribution < 1.29 is 4.74 Å². The molecule has 270 valence electrons. The van der Waals surface area contributed by atoms with Crippen LogP contribution in [0.2, 0.25) is 0 Å². The maximum atomic E-state index is 6.55. The topological polar surface area (TPSA) is 12.5 Å². The third-order valence-electron chi connectivity index (χ3n) is 12.0. The number of allylic oxidation sites excluding steroid dienone is 2. The Balaban J connectivity index is 0.992. The molecule has 1 aliphatic heterocycles. The molecule has 2 heteroatoms. The van der Waals surface area contributed by atoms with E-state index in [-0.39, 0.29) is 12.0 Å². The van der Waals surface area contributed by atoms with Crippen LogP contribution in [0.25, 0.3) is 65.7 Å². The third-order valence-corrected chi connectivity index (χ3v) is 12.0. The van der Waals surface area contributed by atoms with Gasteiger partial charge in [0.25, 0.3) is 0 Å². The zero-order valence-corrected chi connectivity index (χ0v) is 31.6. The minimum atomic E-state index is 0.0527. The van der Waals surface area contributed by atoms with Crippen molar-refractivity contribution in [1.82, 2.24) is 0 Å². The van der Waals surface area contributed by atoms with Crippen molar-refractivity contribution >= 4 is 49.4 Å². The molecule has 11 rings (SSSR count). The highest BCUT2D eigenvalue weighted by Crippen LogP contribution is 2.48. The molecule has 2 nitrogen and oxygen atoms in total. The first-order valence-corrected chi connectivity index (χ1v) is 19.8. The first-order chi connectivity index (χ1) is 28.2. The molecule has 9 aromatic carbocycles. The number of anilines is 3. The highest BCUT2D eigenvalue weighted by atomic mass is 16.5. The Morgan fingerprint density at radius 3 is 1.77 bits per heavy atom. The Kier molecular flexibility index (Phi) is 7.89. The van der Waals surface area contributed by atoms with Gasteiger partial charge in [0.15, 0.2) is 0 Å². The van der Waals surface area contributed by atoms with Crippen LogP contribution in [0.4, 0.5) is 17.1 Å². The second kappa shape index (κ2) is 13.5. The predicted molar refractivity (Wildman–Crippen MR) is 240 cm³/mol. The minimum Gasteiger partial charge on any atom is -0.484 e. The number of fused-ring (bicyclic) bond motifs is 7. The van der Waals surface area contributed by atoms with Crippen molar-refractivity contribution in [1.29, 1.82) is 0 Å². The number of rotatable bonds is 6. The SMILES string of the molecule is Cc1cc2c(N(c3ccc(-c4ccc(-c5cccc6ccccc56)cc4)cc3)c3ccc(-c4cccc5c4OC4C=CC=CC54)cc3)cccc2c2ccccc12. The fourth-order valence-electron chi connectivity index (χ4n) is 9.12. The number of aryl methyl sites for hydroxylation is 1. The van der Waals surface area contributed by atoms with Crippen LogP contribution in [0.5, 0.6) is 5.75 Å². The molecule has 0 amide bonds. The van der Waals surface area contributed by atoms with Crippen LogP contribution in [0, 0.1) is 6.92 Å². The van der Waals surface area contributed by atoms with E-state index in [1.807, 2.05) is 0 Å². The van der Waals surface area contributed by atoms with Gasteiger partial charge in [-0.2, -0.15) is 0 Å². The lowest BCUT2D eigenvalue weighted by Crippen LogP contribution is -2.15. The maximum Gasteiger partial charge on any atom is 0.132 e. The molecule has 1 heterocycles. The van der Waals surface area contributed by atoms with Gasteiger partial charge < -0.3 is 9.64 Å². The molecular formula is C55H39NO. The fraction of sp³-hybridized carbons (Fsp3) is 0.0545. The molecule has 0 aromatic heterocycles. The largest absolute Gasteiger partial charge is 0.484 e. The molecule has 57 heavy (non-hydrogen) atoms. The van der Waals surface area contributed by atoms with Gasteiger partial charge in [-0.15, -0.1) is 0 Å². The molecule has 0 saturated heterocycles. The van der Waals surface area contributed by atoms with E-state index in [1.165, 1.54) is 65.7 Å². The minimum absolute atomic E-state index is 0.0527. The molecule has 2 aliphatic rings. The van der Waals surface area contributed by atoms with Crippen LogP contribution in [0.1, 0.15) is 17.0 Å². The van der Waals surface area contributed by atoms with E-state index >= 15 is 0 Å². The van der Waals surface area contributed by atoms with Crippen molar-refractivity contribution in [3.8, 4) is 39.1 Å². The number of hydrogen-bond donors (Lipinski definition) is 0. The van der Waals surface area contributed by atoms with Gasteiger partial charge >= 0.3 is 0 Å². The van der Waals surface area contributed by atoms with Crippen LogP contribution in [0.3, 0.4) is 0 Å². The Bertz CT molecular complexity index is 3040. The van der Waals surface area contributed by atoms with E-state index in [0.717, 1.165) is 33.9 Å². The van der Waals surface area contributed by atoms with Crippen LogP contribution in [0.15, 0.2) is 206 Å². The summed E-state index contributed by atoms with van der Waals surface area (Å²) >= 11 is 0. The van der Waals surface area contributed by atoms with E-state index in [2.05, 4.69) is 218 Å². The first-order valence-electron chi connectivity index (χ1n) is 19.8. The van der Waals surface area contributed by atoms with Crippen molar-refractivity contribution in [3.05, 3.63) is 217 Å². The Morgan fingerprint density at radius 1 is 0.439 bits per heavy atom. The summed E-state index contributed by atoms with van der Waals surface area (Å²) in [6, 6.07) is 66.5. The smallest absolute Gasteiger partial charge is 0.132 e. The van der Waals surface area contributed by atoms with E-state index in [0.29, 0.717) is 0 Å². The standard InChI is InChI=1S/C55H39NO/c1-36-35-52-49(48-15-5-4-13-44(36)48)19-10-21-53(52)56(43-33-29-41(30-34-43)47-18-9-20-51-50-16-6-7-22-54(50)57-55(47)51)42-31-27-38(28-32-42)37-23-25-40(26-24-37)46-17-8-12-39-11-2-3-14-45(39)46/h2-35,50,54H,1H3. The van der Waals surface area contributed by atoms with Gasteiger partial charge in [0.2, 0.25) is 0 Å². The highest BCUT2D eigenvalue weighted by molar-refractivity contribution is 6.14. The van der Waals surface area contributed by atoms with Crippen LogP contribution in [-0.2, 0) is 0 Å². The summed E-state index contributed by atoms with van der Waals surface area (Å²) in [6.07, 6.45) is 8.68. The van der Waals surface area contributed by atoms with Gasteiger partial charge in [-0.05, 0) is 110 Å². The molecule has 0 N–H and O–H groups in total. The summed E-state index contributed by atoms with van der Waals surface area (Å²) in [5, 5.41) is 7.57. The predicted octanol–water partition coefficient (Wildman–Crippen LogP) is 14.9. The van der Waals surface area contributed by atoms with Gasteiger partial charge in [0, 0.05) is 33.8 Å². The number of nitrogens with zero attached hydrogens (tertiary/aromatic N) is 1. The molecule has 1 aliphatic carbocycles.